The van der Waals surface area contributed by atoms with Crippen molar-refractivity contribution in [1.29, 1.82) is 0 Å². The second-order valence-electron chi connectivity index (χ2n) is 6.91. The van der Waals surface area contributed by atoms with Gasteiger partial charge in [-0.15, -0.1) is 0 Å². The van der Waals surface area contributed by atoms with E-state index in [-0.39, 0.29) is 11.5 Å². The van der Waals surface area contributed by atoms with E-state index in [0.29, 0.717) is 11.7 Å². The van der Waals surface area contributed by atoms with Crippen molar-refractivity contribution in [3.8, 4) is 0 Å². The van der Waals surface area contributed by atoms with Crippen LogP contribution >= 0.6 is 0 Å². The molecule has 0 aromatic carbocycles. The molecule has 1 aliphatic carbocycles. The molecule has 1 aliphatic rings. The quantitative estimate of drug-likeness (QED) is 0.860. The van der Waals surface area contributed by atoms with Crippen molar-refractivity contribution >= 4 is 0 Å². The molecule has 1 aromatic heterocycles. The van der Waals surface area contributed by atoms with Gasteiger partial charge in [-0.05, 0) is 18.3 Å². The van der Waals surface area contributed by atoms with Gasteiger partial charge in [-0.3, -0.25) is 0 Å². The molecule has 0 aliphatic heterocycles. The first-order chi connectivity index (χ1) is 9.39. The molecule has 1 atom stereocenters. The average molecular weight is 281 g/mol. The number of methoxy groups -OCH3 is 1. The molecule has 1 aromatic rings. The van der Waals surface area contributed by atoms with Gasteiger partial charge in [0, 0.05) is 7.11 Å². The van der Waals surface area contributed by atoms with Crippen molar-refractivity contribution in [2.24, 2.45) is 11.1 Å². The zero-order chi connectivity index (χ0) is 14.8. The van der Waals surface area contributed by atoms with Gasteiger partial charge < -0.3 is 15.0 Å². The highest BCUT2D eigenvalue weighted by atomic mass is 16.5. The molecular formula is C15H27N3O2. The molecule has 1 fully saturated rings. The molecule has 0 bridgehead atoms. The third-order valence-electron chi connectivity index (χ3n) is 4.35. The normalized spacial score (nSPS) is 21.4. The van der Waals surface area contributed by atoms with Crippen molar-refractivity contribution in [3.63, 3.8) is 0 Å². The van der Waals surface area contributed by atoms with Gasteiger partial charge in [-0.2, -0.15) is 4.98 Å². The van der Waals surface area contributed by atoms with Crippen molar-refractivity contribution in [1.82, 2.24) is 10.1 Å². The minimum atomic E-state index is -0.393. The summed E-state index contributed by atoms with van der Waals surface area (Å²) in [4.78, 5) is 4.56. The van der Waals surface area contributed by atoms with E-state index < -0.39 is 5.60 Å². The third-order valence-corrected chi connectivity index (χ3v) is 4.35. The molecule has 2 N–H and O–H groups in total. The monoisotopic (exact) mass is 281 g/mol. The number of aromatic nitrogens is 2. The number of ether oxygens (including phenoxy) is 1. The van der Waals surface area contributed by atoms with Crippen molar-refractivity contribution in [2.75, 3.05) is 7.11 Å². The van der Waals surface area contributed by atoms with Gasteiger partial charge in [-0.1, -0.05) is 51.6 Å². The molecule has 0 radical (unpaired) electrons. The predicted molar refractivity (Wildman–Crippen MR) is 77.1 cm³/mol. The Hall–Kier alpha value is -0.940. The Morgan fingerprint density at radius 1 is 1.20 bits per heavy atom. The predicted octanol–water partition coefficient (Wildman–Crippen LogP) is 3.31. The maximum absolute atomic E-state index is 6.19. The zero-order valence-electron chi connectivity index (χ0n) is 13.1. The van der Waals surface area contributed by atoms with E-state index in [0.717, 1.165) is 25.7 Å². The summed E-state index contributed by atoms with van der Waals surface area (Å²) in [5, 5.41) is 4.17. The Balaban J connectivity index is 2.25. The molecular weight excluding hydrogens is 254 g/mol. The van der Waals surface area contributed by atoms with Crippen LogP contribution in [0.2, 0.25) is 0 Å². The van der Waals surface area contributed by atoms with E-state index >= 15 is 0 Å². The highest BCUT2D eigenvalue weighted by molar-refractivity contribution is 5.05. The first-order valence-corrected chi connectivity index (χ1v) is 7.54. The molecule has 1 saturated carbocycles. The smallest absolute Gasteiger partial charge is 0.244 e. The highest BCUT2D eigenvalue weighted by Crippen LogP contribution is 2.38. The lowest BCUT2D eigenvalue weighted by atomic mass is 9.87. The minimum Gasteiger partial charge on any atom is -0.370 e. The van der Waals surface area contributed by atoms with E-state index in [1.807, 2.05) is 0 Å². The first kappa shape index (κ1) is 15.4. The van der Waals surface area contributed by atoms with E-state index in [1.54, 1.807) is 7.11 Å². The van der Waals surface area contributed by atoms with Crippen LogP contribution in [0.15, 0.2) is 4.52 Å². The van der Waals surface area contributed by atoms with E-state index in [4.69, 9.17) is 15.0 Å². The lowest BCUT2D eigenvalue weighted by molar-refractivity contribution is -0.0365. The zero-order valence-corrected chi connectivity index (χ0v) is 13.1. The molecule has 0 spiro atoms. The van der Waals surface area contributed by atoms with Crippen LogP contribution in [0.25, 0.3) is 0 Å². The maximum atomic E-state index is 6.19. The lowest BCUT2D eigenvalue weighted by Gasteiger charge is -2.27. The largest absolute Gasteiger partial charge is 0.370 e. The molecule has 2 rings (SSSR count). The van der Waals surface area contributed by atoms with E-state index in [1.165, 1.54) is 12.8 Å². The van der Waals surface area contributed by atoms with Crippen LogP contribution in [-0.4, -0.2) is 17.3 Å². The number of hydrogen-bond acceptors (Lipinski definition) is 5. The second-order valence-corrected chi connectivity index (χ2v) is 6.91. The van der Waals surface area contributed by atoms with Crippen LogP contribution in [0.5, 0.6) is 0 Å². The molecule has 5 nitrogen and oxygen atoms in total. The second kappa shape index (κ2) is 5.82. The Labute approximate surface area is 121 Å². The summed E-state index contributed by atoms with van der Waals surface area (Å²) in [5.74, 6) is 1.17. The summed E-state index contributed by atoms with van der Waals surface area (Å²) < 4.78 is 11.2. The SMILES string of the molecule is COC1(c2noc([C@H](N)C(C)(C)C)n2)CCCCCC1. The minimum absolute atomic E-state index is 0.104. The van der Waals surface area contributed by atoms with Crippen molar-refractivity contribution in [2.45, 2.75) is 70.9 Å². The van der Waals surface area contributed by atoms with Crippen LogP contribution in [0.3, 0.4) is 0 Å². The van der Waals surface area contributed by atoms with E-state index in [2.05, 4.69) is 30.9 Å². The Morgan fingerprint density at radius 2 is 1.80 bits per heavy atom. The molecule has 114 valence electrons. The van der Waals surface area contributed by atoms with Crippen LogP contribution in [0.1, 0.15) is 77.1 Å². The van der Waals surface area contributed by atoms with Gasteiger partial charge in [-0.25, -0.2) is 0 Å². The fourth-order valence-corrected chi connectivity index (χ4v) is 2.74. The Morgan fingerprint density at radius 3 is 2.30 bits per heavy atom. The van der Waals surface area contributed by atoms with Gasteiger partial charge in [0.1, 0.15) is 5.60 Å². The summed E-state index contributed by atoms with van der Waals surface area (Å²) >= 11 is 0. The molecule has 1 heterocycles. The van der Waals surface area contributed by atoms with Gasteiger partial charge in [0.15, 0.2) is 0 Å². The molecule has 5 heteroatoms. The van der Waals surface area contributed by atoms with Crippen LogP contribution in [-0.2, 0) is 10.3 Å². The molecule has 0 saturated heterocycles. The van der Waals surface area contributed by atoms with Gasteiger partial charge in [0.2, 0.25) is 11.7 Å². The number of hydrogen-bond donors (Lipinski definition) is 1. The van der Waals surface area contributed by atoms with Crippen LogP contribution < -0.4 is 5.73 Å². The number of nitrogens with two attached hydrogens (primary N) is 1. The van der Waals surface area contributed by atoms with Gasteiger partial charge in [0.05, 0.1) is 6.04 Å². The summed E-state index contributed by atoms with van der Waals surface area (Å²) in [6.45, 7) is 6.21. The molecule has 0 unspecified atom stereocenters. The number of nitrogens with zero attached hydrogens (tertiary/aromatic N) is 2. The summed E-state index contributed by atoms with van der Waals surface area (Å²) in [5.41, 5.74) is 5.70. The Kier molecular flexibility index (Phi) is 4.49. The van der Waals surface area contributed by atoms with Crippen LogP contribution in [0, 0.1) is 5.41 Å². The topological polar surface area (TPSA) is 74.2 Å². The van der Waals surface area contributed by atoms with Gasteiger partial charge in [0.25, 0.3) is 0 Å². The molecule has 20 heavy (non-hydrogen) atoms. The number of rotatable bonds is 3. The first-order valence-electron chi connectivity index (χ1n) is 7.54. The highest BCUT2D eigenvalue weighted by Gasteiger charge is 2.39. The van der Waals surface area contributed by atoms with Crippen molar-refractivity contribution in [3.05, 3.63) is 11.7 Å². The third kappa shape index (κ3) is 3.04. The Bertz CT molecular complexity index is 429. The summed E-state index contributed by atoms with van der Waals surface area (Å²) in [7, 11) is 1.74. The van der Waals surface area contributed by atoms with E-state index in [9.17, 15) is 0 Å². The fourth-order valence-electron chi connectivity index (χ4n) is 2.74. The summed E-state index contributed by atoms with van der Waals surface area (Å²) in [6.07, 6.45) is 6.68. The van der Waals surface area contributed by atoms with Gasteiger partial charge >= 0.3 is 0 Å². The lowest BCUT2D eigenvalue weighted by Crippen LogP contribution is -2.30. The standard InChI is InChI=1S/C15H27N3O2/c1-14(2,3)11(16)12-17-13(18-20-12)15(19-4)9-7-5-6-8-10-15/h11H,5-10,16H2,1-4H3/t11-/m0/s1. The average Bonchev–Trinajstić information content (AvgIpc) is 2.76. The fraction of sp³-hybridized carbons (Fsp3) is 0.867. The van der Waals surface area contributed by atoms with Crippen LogP contribution in [0.4, 0.5) is 0 Å². The van der Waals surface area contributed by atoms with Crippen molar-refractivity contribution < 1.29 is 9.26 Å². The summed E-state index contributed by atoms with van der Waals surface area (Å²) in [6, 6.07) is -0.261. The maximum Gasteiger partial charge on any atom is 0.244 e. The molecule has 0 amide bonds.